The molecule has 0 radical (unpaired) electrons. The van der Waals surface area contributed by atoms with Crippen LogP contribution in [0.4, 0.5) is 0 Å². The van der Waals surface area contributed by atoms with Gasteiger partial charge in [0.05, 0.1) is 6.54 Å². The average molecular weight is 231 g/mol. The van der Waals surface area contributed by atoms with Crippen LogP contribution < -0.4 is 5.73 Å². The fraction of sp³-hybridized carbons (Fsp3) is 0.875. The lowest BCUT2D eigenvalue weighted by molar-refractivity contribution is 0.195. The molecule has 1 aromatic heterocycles. The molecule has 6 nitrogen and oxygen atoms in total. The Hall–Kier alpha value is -0.660. The Balaban J connectivity index is 2.44. The van der Waals surface area contributed by atoms with E-state index in [1.54, 1.807) is 23.6 Å². The number of hydrogen-bond donors (Lipinski definition) is 1. The summed E-state index contributed by atoms with van der Waals surface area (Å²) in [5.74, 6) is 0. The van der Waals surface area contributed by atoms with E-state index in [2.05, 4.69) is 22.4 Å². The summed E-state index contributed by atoms with van der Waals surface area (Å²) in [6, 6.07) is 0. The van der Waals surface area contributed by atoms with Gasteiger partial charge in [-0.15, -0.1) is 5.10 Å². The first kappa shape index (κ1) is 12.4. The highest BCUT2D eigenvalue weighted by Crippen LogP contribution is 2.21. The van der Waals surface area contributed by atoms with Gasteiger partial charge < -0.3 is 10.5 Å². The molecular formula is C8H17N5OS. The Kier molecular flexibility index (Phi) is 5.59. The minimum absolute atomic E-state index is 0.437. The quantitative estimate of drug-likeness (QED) is 0.673. The lowest BCUT2D eigenvalue weighted by Gasteiger charge is -2.09. The van der Waals surface area contributed by atoms with Crippen LogP contribution in [-0.2, 0) is 11.3 Å². The SMILES string of the molecule is COCCC(C)Sc1nnnn1CCN. The van der Waals surface area contributed by atoms with E-state index in [9.17, 15) is 0 Å². The van der Waals surface area contributed by atoms with Crippen molar-refractivity contribution in [2.75, 3.05) is 20.3 Å². The molecule has 0 aliphatic carbocycles. The monoisotopic (exact) mass is 231 g/mol. The Morgan fingerprint density at radius 1 is 1.60 bits per heavy atom. The molecule has 1 unspecified atom stereocenters. The van der Waals surface area contributed by atoms with Crippen molar-refractivity contribution in [3.8, 4) is 0 Å². The molecule has 1 rings (SSSR count). The van der Waals surface area contributed by atoms with Crippen molar-refractivity contribution in [1.29, 1.82) is 0 Å². The maximum Gasteiger partial charge on any atom is 0.209 e. The predicted molar refractivity (Wildman–Crippen MR) is 58.7 cm³/mol. The van der Waals surface area contributed by atoms with Gasteiger partial charge in [-0.1, -0.05) is 18.7 Å². The summed E-state index contributed by atoms with van der Waals surface area (Å²) in [6.07, 6.45) is 0.983. The molecule has 0 amide bonds. The topological polar surface area (TPSA) is 78.9 Å². The maximum atomic E-state index is 5.45. The van der Waals surface area contributed by atoms with Gasteiger partial charge in [0, 0.05) is 25.5 Å². The average Bonchev–Trinajstić information content (AvgIpc) is 2.63. The van der Waals surface area contributed by atoms with E-state index in [-0.39, 0.29) is 0 Å². The molecular weight excluding hydrogens is 214 g/mol. The van der Waals surface area contributed by atoms with E-state index in [0.717, 1.165) is 18.2 Å². The molecule has 0 aliphatic rings. The van der Waals surface area contributed by atoms with Gasteiger partial charge in [-0.05, 0) is 16.8 Å². The number of rotatable bonds is 7. The zero-order chi connectivity index (χ0) is 11.1. The second kappa shape index (κ2) is 6.76. The predicted octanol–water partition coefficient (Wildman–Crippen LogP) is 0.149. The van der Waals surface area contributed by atoms with Gasteiger partial charge >= 0.3 is 0 Å². The summed E-state index contributed by atoms with van der Waals surface area (Å²) in [6.45, 7) is 4.09. The number of tetrazole rings is 1. The van der Waals surface area contributed by atoms with Crippen molar-refractivity contribution >= 4 is 11.8 Å². The Morgan fingerprint density at radius 2 is 2.40 bits per heavy atom. The van der Waals surface area contributed by atoms with Crippen molar-refractivity contribution in [1.82, 2.24) is 20.2 Å². The lowest BCUT2D eigenvalue weighted by Crippen LogP contribution is -2.13. The molecule has 0 fully saturated rings. The molecule has 0 saturated heterocycles. The molecule has 15 heavy (non-hydrogen) atoms. The van der Waals surface area contributed by atoms with Crippen LogP contribution in [0.25, 0.3) is 0 Å². The van der Waals surface area contributed by atoms with E-state index >= 15 is 0 Å². The standard InChI is InChI=1S/C8H17N5OS/c1-7(3-6-14-2)15-8-10-11-12-13(8)5-4-9/h7H,3-6,9H2,1-2H3. The van der Waals surface area contributed by atoms with Crippen LogP contribution in [0.1, 0.15) is 13.3 Å². The molecule has 0 aromatic carbocycles. The van der Waals surface area contributed by atoms with E-state index in [4.69, 9.17) is 10.5 Å². The van der Waals surface area contributed by atoms with E-state index in [0.29, 0.717) is 18.3 Å². The highest BCUT2D eigenvalue weighted by Gasteiger charge is 2.10. The number of ether oxygens (including phenoxy) is 1. The molecule has 0 bridgehead atoms. The minimum Gasteiger partial charge on any atom is -0.385 e. The highest BCUT2D eigenvalue weighted by molar-refractivity contribution is 7.99. The number of hydrogen-bond acceptors (Lipinski definition) is 6. The normalized spacial score (nSPS) is 13.0. The third-order valence-corrected chi connectivity index (χ3v) is 3.02. The third kappa shape index (κ3) is 4.15. The smallest absolute Gasteiger partial charge is 0.209 e. The third-order valence-electron chi connectivity index (χ3n) is 1.88. The molecule has 1 aromatic rings. The second-order valence-corrected chi connectivity index (χ2v) is 4.59. The molecule has 2 N–H and O–H groups in total. The van der Waals surface area contributed by atoms with Gasteiger partial charge in [0.15, 0.2) is 0 Å². The molecule has 1 atom stereocenters. The number of nitrogens with zero attached hydrogens (tertiary/aromatic N) is 4. The van der Waals surface area contributed by atoms with Crippen LogP contribution in [0.3, 0.4) is 0 Å². The largest absolute Gasteiger partial charge is 0.385 e. The summed E-state index contributed by atoms with van der Waals surface area (Å²) in [5.41, 5.74) is 5.45. The second-order valence-electron chi connectivity index (χ2n) is 3.18. The van der Waals surface area contributed by atoms with Gasteiger partial charge in [0.2, 0.25) is 5.16 Å². The first-order chi connectivity index (χ1) is 7.27. The molecule has 7 heteroatoms. The van der Waals surface area contributed by atoms with Gasteiger partial charge in [-0.2, -0.15) is 0 Å². The highest BCUT2D eigenvalue weighted by atomic mass is 32.2. The van der Waals surface area contributed by atoms with Gasteiger partial charge in [-0.25, -0.2) is 4.68 Å². The summed E-state index contributed by atoms with van der Waals surface area (Å²) < 4.78 is 6.75. The van der Waals surface area contributed by atoms with Crippen molar-refractivity contribution in [2.45, 2.75) is 30.3 Å². The summed E-state index contributed by atoms with van der Waals surface area (Å²) in [4.78, 5) is 0. The lowest BCUT2D eigenvalue weighted by atomic mass is 10.3. The van der Waals surface area contributed by atoms with Crippen LogP contribution >= 0.6 is 11.8 Å². The summed E-state index contributed by atoms with van der Waals surface area (Å²) in [7, 11) is 1.70. The van der Waals surface area contributed by atoms with E-state index in [1.807, 2.05) is 0 Å². The van der Waals surface area contributed by atoms with E-state index < -0.39 is 0 Å². The maximum absolute atomic E-state index is 5.45. The van der Waals surface area contributed by atoms with Gasteiger partial charge in [0.25, 0.3) is 0 Å². The molecule has 1 heterocycles. The van der Waals surface area contributed by atoms with Gasteiger partial charge in [-0.3, -0.25) is 0 Å². The molecule has 86 valence electrons. The number of thioether (sulfide) groups is 1. The number of nitrogens with two attached hydrogens (primary N) is 1. The zero-order valence-corrected chi connectivity index (χ0v) is 9.90. The molecule has 0 aliphatic heterocycles. The fourth-order valence-corrected chi connectivity index (χ4v) is 1.97. The summed E-state index contributed by atoms with van der Waals surface area (Å²) in [5, 5.41) is 12.7. The van der Waals surface area contributed by atoms with Crippen LogP contribution in [0, 0.1) is 0 Å². The first-order valence-corrected chi connectivity index (χ1v) is 5.77. The van der Waals surface area contributed by atoms with Crippen molar-refractivity contribution in [2.24, 2.45) is 5.73 Å². The Bertz CT molecular complexity index is 280. The molecule has 0 spiro atoms. The van der Waals surface area contributed by atoms with Crippen LogP contribution in [0.2, 0.25) is 0 Å². The number of aromatic nitrogens is 4. The number of methoxy groups -OCH3 is 1. The van der Waals surface area contributed by atoms with E-state index in [1.165, 1.54) is 0 Å². The Morgan fingerprint density at radius 3 is 3.07 bits per heavy atom. The van der Waals surface area contributed by atoms with Crippen molar-refractivity contribution in [3.63, 3.8) is 0 Å². The molecule has 0 saturated carbocycles. The van der Waals surface area contributed by atoms with Crippen molar-refractivity contribution < 1.29 is 4.74 Å². The summed E-state index contributed by atoms with van der Waals surface area (Å²) >= 11 is 1.65. The first-order valence-electron chi connectivity index (χ1n) is 4.89. The van der Waals surface area contributed by atoms with Crippen LogP contribution in [0.15, 0.2) is 5.16 Å². The Labute approximate surface area is 93.5 Å². The minimum atomic E-state index is 0.437. The fourth-order valence-electron chi connectivity index (χ4n) is 1.07. The van der Waals surface area contributed by atoms with Crippen LogP contribution in [0.5, 0.6) is 0 Å². The van der Waals surface area contributed by atoms with Crippen molar-refractivity contribution in [3.05, 3.63) is 0 Å². The zero-order valence-electron chi connectivity index (χ0n) is 9.09. The van der Waals surface area contributed by atoms with Gasteiger partial charge in [0.1, 0.15) is 0 Å². The van der Waals surface area contributed by atoms with Crippen LogP contribution in [-0.4, -0.2) is 45.7 Å².